The molecule has 5 heteroatoms. The van der Waals surface area contributed by atoms with Gasteiger partial charge in [0.25, 0.3) is 5.91 Å². The molecule has 1 amide bonds. The Labute approximate surface area is 88.4 Å². The molecule has 82 valence electrons. The minimum absolute atomic E-state index is 0.0685. The number of nitrogens with one attached hydrogen (secondary N) is 2. The van der Waals surface area contributed by atoms with E-state index >= 15 is 0 Å². The maximum atomic E-state index is 11.7. The molecule has 5 nitrogen and oxygen atoms in total. The number of rotatable bonds is 4. The van der Waals surface area contributed by atoms with Crippen LogP contribution in [0.1, 0.15) is 28.9 Å². The van der Waals surface area contributed by atoms with Crippen molar-refractivity contribution in [1.29, 1.82) is 0 Å². The van der Waals surface area contributed by atoms with Crippen molar-refractivity contribution in [2.24, 2.45) is 11.1 Å². The van der Waals surface area contributed by atoms with Crippen LogP contribution in [0.3, 0.4) is 0 Å². The zero-order valence-electron chi connectivity index (χ0n) is 8.84. The summed E-state index contributed by atoms with van der Waals surface area (Å²) in [6, 6.07) is 0. The van der Waals surface area contributed by atoms with Gasteiger partial charge in [0.2, 0.25) is 0 Å². The van der Waals surface area contributed by atoms with E-state index in [0.29, 0.717) is 18.7 Å². The maximum absolute atomic E-state index is 11.7. The van der Waals surface area contributed by atoms with E-state index in [2.05, 4.69) is 15.5 Å². The van der Waals surface area contributed by atoms with Gasteiger partial charge in [0.15, 0.2) is 0 Å². The lowest BCUT2D eigenvalue weighted by molar-refractivity contribution is 0.0945. The van der Waals surface area contributed by atoms with Crippen molar-refractivity contribution in [3.05, 3.63) is 17.5 Å². The van der Waals surface area contributed by atoms with Crippen LogP contribution in [-0.4, -0.2) is 29.2 Å². The molecule has 1 aromatic rings. The van der Waals surface area contributed by atoms with Crippen LogP contribution in [0.2, 0.25) is 0 Å². The van der Waals surface area contributed by atoms with Crippen LogP contribution in [0.15, 0.2) is 6.20 Å². The molecule has 0 aliphatic heterocycles. The molecule has 1 aliphatic carbocycles. The van der Waals surface area contributed by atoms with Gasteiger partial charge in [-0.2, -0.15) is 5.10 Å². The summed E-state index contributed by atoms with van der Waals surface area (Å²) in [4.78, 5) is 11.7. The van der Waals surface area contributed by atoms with Crippen LogP contribution in [-0.2, 0) is 0 Å². The molecular formula is C10H16N4O. The Bertz CT molecular complexity index is 367. The lowest BCUT2D eigenvalue weighted by Crippen LogP contribution is -2.34. The van der Waals surface area contributed by atoms with Gasteiger partial charge in [-0.25, -0.2) is 0 Å². The van der Waals surface area contributed by atoms with Gasteiger partial charge in [0.05, 0.1) is 11.8 Å². The third kappa shape index (κ3) is 2.02. The molecule has 0 atom stereocenters. The molecule has 0 aromatic carbocycles. The molecule has 1 aromatic heterocycles. The second kappa shape index (κ2) is 3.66. The second-order valence-corrected chi connectivity index (χ2v) is 4.30. The number of carbonyl (C=O) groups excluding carboxylic acids is 1. The van der Waals surface area contributed by atoms with Crippen molar-refractivity contribution >= 4 is 5.91 Å². The molecule has 0 saturated heterocycles. The van der Waals surface area contributed by atoms with Gasteiger partial charge in [0, 0.05) is 17.7 Å². The van der Waals surface area contributed by atoms with Gasteiger partial charge in [-0.05, 0) is 26.3 Å². The predicted octanol–water partition coefficient (Wildman–Crippen LogP) is 0.187. The SMILES string of the molecule is Cc1[nH]ncc1C(=O)NCC1(CN)CC1. The highest BCUT2D eigenvalue weighted by Crippen LogP contribution is 2.43. The Hall–Kier alpha value is -1.36. The van der Waals surface area contributed by atoms with E-state index in [4.69, 9.17) is 5.73 Å². The van der Waals surface area contributed by atoms with E-state index in [1.165, 1.54) is 0 Å². The smallest absolute Gasteiger partial charge is 0.254 e. The molecular weight excluding hydrogens is 192 g/mol. The Morgan fingerprint density at radius 2 is 2.47 bits per heavy atom. The average molecular weight is 208 g/mol. The first kappa shape index (κ1) is 10.2. The fourth-order valence-electron chi connectivity index (χ4n) is 1.57. The third-order valence-electron chi connectivity index (χ3n) is 3.09. The van der Waals surface area contributed by atoms with Gasteiger partial charge >= 0.3 is 0 Å². The molecule has 1 saturated carbocycles. The summed E-state index contributed by atoms with van der Waals surface area (Å²) in [5.74, 6) is -0.0685. The van der Waals surface area contributed by atoms with Crippen molar-refractivity contribution in [2.45, 2.75) is 19.8 Å². The summed E-state index contributed by atoms with van der Waals surface area (Å²) >= 11 is 0. The fourth-order valence-corrected chi connectivity index (χ4v) is 1.57. The van der Waals surface area contributed by atoms with E-state index < -0.39 is 0 Å². The van der Waals surface area contributed by atoms with Crippen molar-refractivity contribution in [1.82, 2.24) is 15.5 Å². The normalized spacial score (nSPS) is 17.5. The fraction of sp³-hybridized carbons (Fsp3) is 0.600. The van der Waals surface area contributed by atoms with Gasteiger partial charge in [-0.1, -0.05) is 0 Å². The van der Waals surface area contributed by atoms with Gasteiger partial charge in [-0.15, -0.1) is 0 Å². The molecule has 4 N–H and O–H groups in total. The highest BCUT2D eigenvalue weighted by atomic mass is 16.1. The van der Waals surface area contributed by atoms with Gasteiger partial charge < -0.3 is 11.1 Å². The van der Waals surface area contributed by atoms with Crippen molar-refractivity contribution < 1.29 is 4.79 Å². The van der Waals surface area contributed by atoms with Crippen LogP contribution in [0.5, 0.6) is 0 Å². The quantitative estimate of drug-likeness (QED) is 0.660. The van der Waals surface area contributed by atoms with E-state index in [1.807, 2.05) is 6.92 Å². The lowest BCUT2D eigenvalue weighted by atomic mass is 10.1. The van der Waals surface area contributed by atoms with Crippen LogP contribution in [0.4, 0.5) is 0 Å². The molecule has 1 aliphatic rings. The van der Waals surface area contributed by atoms with Crippen molar-refractivity contribution in [3.63, 3.8) is 0 Å². The first-order valence-electron chi connectivity index (χ1n) is 5.15. The number of aryl methyl sites for hydroxylation is 1. The lowest BCUT2D eigenvalue weighted by Gasteiger charge is -2.12. The molecule has 2 rings (SSSR count). The number of H-pyrrole nitrogens is 1. The Morgan fingerprint density at radius 3 is 2.93 bits per heavy atom. The maximum Gasteiger partial charge on any atom is 0.254 e. The van der Waals surface area contributed by atoms with Crippen LogP contribution >= 0.6 is 0 Å². The van der Waals surface area contributed by atoms with E-state index in [1.54, 1.807) is 6.20 Å². The zero-order valence-corrected chi connectivity index (χ0v) is 8.84. The van der Waals surface area contributed by atoms with E-state index in [9.17, 15) is 4.79 Å². The number of hydrogen-bond donors (Lipinski definition) is 3. The minimum atomic E-state index is -0.0685. The van der Waals surface area contributed by atoms with Crippen molar-refractivity contribution in [3.8, 4) is 0 Å². The molecule has 15 heavy (non-hydrogen) atoms. The second-order valence-electron chi connectivity index (χ2n) is 4.30. The first-order valence-corrected chi connectivity index (χ1v) is 5.15. The van der Waals surface area contributed by atoms with Gasteiger partial charge in [-0.3, -0.25) is 9.89 Å². The van der Waals surface area contributed by atoms with Crippen LogP contribution in [0, 0.1) is 12.3 Å². The number of amides is 1. The Balaban J connectivity index is 1.91. The van der Waals surface area contributed by atoms with Crippen LogP contribution < -0.4 is 11.1 Å². The number of nitrogens with zero attached hydrogens (tertiary/aromatic N) is 1. The topological polar surface area (TPSA) is 83.8 Å². The number of hydrogen-bond acceptors (Lipinski definition) is 3. The standard InChI is InChI=1S/C10H16N4O/c1-7-8(4-13-14-7)9(15)12-6-10(5-11)2-3-10/h4H,2-3,5-6,11H2,1H3,(H,12,15)(H,13,14). The number of aromatic nitrogens is 2. The molecule has 0 unspecified atom stereocenters. The first-order chi connectivity index (χ1) is 7.17. The van der Waals surface area contributed by atoms with Crippen LogP contribution in [0.25, 0.3) is 0 Å². The summed E-state index contributed by atoms with van der Waals surface area (Å²) in [6.07, 6.45) is 3.79. The summed E-state index contributed by atoms with van der Waals surface area (Å²) in [6.45, 7) is 3.16. The summed E-state index contributed by atoms with van der Waals surface area (Å²) < 4.78 is 0. The largest absolute Gasteiger partial charge is 0.351 e. The molecule has 0 bridgehead atoms. The summed E-state index contributed by atoms with van der Waals surface area (Å²) in [5.41, 5.74) is 7.22. The van der Waals surface area contributed by atoms with Crippen molar-refractivity contribution in [2.75, 3.05) is 13.1 Å². The van der Waals surface area contributed by atoms with Gasteiger partial charge in [0.1, 0.15) is 0 Å². The highest BCUT2D eigenvalue weighted by molar-refractivity contribution is 5.94. The number of nitrogens with two attached hydrogens (primary N) is 1. The zero-order chi connectivity index (χ0) is 10.9. The summed E-state index contributed by atoms with van der Waals surface area (Å²) in [7, 11) is 0. The monoisotopic (exact) mass is 208 g/mol. The van der Waals surface area contributed by atoms with E-state index in [-0.39, 0.29) is 11.3 Å². The minimum Gasteiger partial charge on any atom is -0.351 e. The average Bonchev–Trinajstić information content (AvgIpc) is 2.91. The number of carbonyl (C=O) groups is 1. The third-order valence-corrected chi connectivity index (χ3v) is 3.09. The summed E-state index contributed by atoms with van der Waals surface area (Å²) in [5, 5.41) is 9.45. The predicted molar refractivity (Wildman–Crippen MR) is 56.4 cm³/mol. The molecule has 1 fully saturated rings. The molecule has 0 spiro atoms. The highest BCUT2D eigenvalue weighted by Gasteiger charge is 2.41. The molecule has 0 radical (unpaired) electrons. The molecule has 1 heterocycles. The van der Waals surface area contributed by atoms with E-state index in [0.717, 1.165) is 18.5 Å². The number of aromatic amines is 1. The Morgan fingerprint density at radius 1 is 1.73 bits per heavy atom. The Kier molecular flexibility index (Phi) is 2.48.